The number of thiophene rings is 1. The molecule has 0 atom stereocenters. The Bertz CT molecular complexity index is 1170. The topological polar surface area (TPSA) is 105 Å². The summed E-state index contributed by atoms with van der Waals surface area (Å²) < 4.78 is 5.54. The van der Waals surface area contributed by atoms with Crippen LogP contribution >= 0.6 is 11.3 Å². The average Bonchev–Trinajstić information content (AvgIpc) is 3.43. The lowest BCUT2D eigenvalue weighted by atomic mass is 10.1. The Labute approximate surface area is 187 Å². The molecular formula is C23H19N3O5S. The molecular weight excluding hydrogens is 430 g/mol. The molecule has 0 saturated carbocycles. The van der Waals surface area contributed by atoms with E-state index in [0.717, 1.165) is 4.90 Å². The number of carbonyl (C=O) groups excluding carboxylic acids is 4. The van der Waals surface area contributed by atoms with Crippen molar-refractivity contribution in [3.05, 3.63) is 87.1 Å². The monoisotopic (exact) mass is 449 g/mol. The number of hydrazine groups is 1. The van der Waals surface area contributed by atoms with Gasteiger partial charge in [0, 0.05) is 0 Å². The molecule has 0 fully saturated rings. The number of hydrogen-bond donors (Lipinski definition) is 2. The first-order chi connectivity index (χ1) is 15.5. The van der Waals surface area contributed by atoms with Crippen molar-refractivity contribution in [1.82, 2.24) is 15.8 Å². The summed E-state index contributed by atoms with van der Waals surface area (Å²) in [6, 6.07) is 14.8. The highest BCUT2D eigenvalue weighted by Gasteiger charge is 2.35. The van der Waals surface area contributed by atoms with Crippen LogP contribution in [0.2, 0.25) is 0 Å². The van der Waals surface area contributed by atoms with Crippen LogP contribution in [0.3, 0.4) is 0 Å². The van der Waals surface area contributed by atoms with E-state index in [1.807, 2.05) is 0 Å². The number of fused-ring (bicyclic) bond motifs is 1. The van der Waals surface area contributed by atoms with E-state index in [0.29, 0.717) is 33.9 Å². The summed E-state index contributed by atoms with van der Waals surface area (Å²) in [6.07, 6.45) is 0. The molecule has 1 aromatic heterocycles. The molecule has 0 spiro atoms. The summed E-state index contributed by atoms with van der Waals surface area (Å²) in [5.74, 6) is -1.46. The van der Waals surface area contributed by atoms with Crippen LogP contribution in [0.5, 0.6) is 5.75 Å². The molecule has 0 radical (unpaired) electrons. The lowest BCUT2D eigenvalue weighted by Crippen LogP contribution is -2.41. The minimum absolute atomic E-state index is 0.000581. The smallest absolute Gasteiger partial charge is 0.279 e. The van der Waals surface area contributed by atoms with Crippen LogP contribution in [0.15, 0.2) is 60.0 Å². The minimum atomic E-state index is -0.581. The van der Waals surface area contributed by atoms with E-state index in [2.05, 4.69) is 10.9 Å². The van der Waals surface area contributed by atoms with Gasteiger partial charge in [-0.2, -0.15) is 0 Å². The molecule has 2 aromatic carbocycles. The van der Waals surface area contributed by atoms with Crippen LogP contribution < -0.4 is 15.6 Å². The zero-order valence-corrected chi connectivity index (χ0v) is 17.9. The Kier molecular flexibility index (Phi) is 6.00. The van der Waals surface area contributed by atoms with Crippen molar-refractivity contribution < 1.29 is 23.9 Å². The molecule has 32 heavy (non-hydrogen) atoms. The number of benzene rings is 2. The molecule has 8 nitrogen and oxygen atoms in total. The van der Waals surface area contributed by atoms with E-state index in [-0.39, 0.29) is 23.9 Å². The van der Waals surface area contributed by atoms with Crippen molar-refractivity contribution in [3.8, 4) is 5.75 Å². The fourth-order valence-corrected chi connectivity index (χ4v) is 3.97. The van der Waals surface area contributed by atoms with Gasteiger partial charge in [0.25, 0.3) is 23.6 Å². The van der Waals surface area contributed by atoms with Crippen LogP contribution in [-0.2, 0) is 6.54 Å². The third-order valence-corrected chi connectivity index (χ3v) is 5.71. The van der Waals surface area contributed by atoms with E-state index in [9.17, 15) is 19.2 Å². The van der Waals surface area contributed by atoms with Crippen LogP contribution in [0.1, 0.15) is 53.2 Å². The average molecular weight is 449 g/mol. The molecule has 0 aliphatic carbocycles. The van der Waals surface area contributed by atoms with Crippen molar-refractivity contribution in [2.24, 2.45) is 0 Å². The van der Waals surface area contributed by atoms with Crippen LogP contribution in [0.4, 0.5) is 0 Å². The largest absolute Gasteiger partial charge is 0.493 e. The Morgan fingerprint density at radius 1 is 0.938 bits per heavy atom. The summed E-state index contributed by atoms with van der Waals surface area (Å²) in [5, 5.41) is 1.76. The fraction of sp³-hybridized carbons (Fsp3) is 0.130. The van der Waals surface area contributed by atoms with Crippen molar-refractivity contribution >= 4 is 35.0 Å². The SMILES string of the molecule is CCOc1ccc(CN2C(=O)c3ccccc3C2=O)cc1C(=O)NNC(=O)c1cccs1. The predicted molar refractivity (Wildman–Crippen MR) is 118 cm³/mol. The van der Waals surface area contributed by atoms with Gasteiger partial charge in [-0.05, 0) is 48.2 Å². The summed E-state index contributed by atoms with van der Waals surface area (Å²) in [5.41, 5.74) is 6.21. The third kappa shape index (κ3) is 4.10. The molecule has 9 heteroatoms. The number of imide groups is 1. The molecule has 162 valence electrons. The standard InChI is InChI=1S/C23H19N3O5S/c1-2-31-18-10-9-14(13-26-22(29)15-6-3-4-7-16(15)23(26)30)12-17(18)20(27)24-25-21(28)19-8-5-11-32-19/h3-12H,2,13H2,1H3,(H,24,27)(H,25,28). The lowest BCUT2D eigenvalue weighted by molar-refractivity contribution is 0.0642. The maximum atomic E-state index is 12.8. The second-order valence-electron chi connectivity index (χ2n) is 6.89. The number of ether oxygens (including phenoxy) is 1. The van der Waals surface area contributed by atoms with Crippen molar-refractivity contribution in [2.75, 3.05) is 6.61 Å². The number of carbonyl (C=O) groups is 4. The van der Waals surface area contributed by atoms with Crippen molar-refractivity contribution in [2.45, 2.75) is 13.5 Å². The summed E-state index contributed by atoms with van der Waals surface area (Å²) in [6.45, 7) is 2.12. The number of nitrogens with zero attached hydrogens (tertiary/aromatic N) is 1. The zero-order valence-electron chi connectivity index (χ0n) is 17.1. The van der Waals surface area contributed by atoms with Gasteiger partial charge in [-0.3, -0.25) is 34.9 Å². The first-order valence-corrected chi connectivity index (χ1v) is 10.7. The molecule has 1 aliphatic heterocycles. The van der Waals surface area contributed by atoms with Crippen LogP contribution in [0, 0.1) is 0 Å². The number of rotatable bonds is 6. The van der Waals surface area contributed by atoms with Gasteiger partial charge in [-0.25, -0.2) is 0 Å². The summed E-state index contributed by atoms with van der Waals surface area (Å²) in [7, 11) is 0. The molecule has 3 aromatic rings. The minimum Gasteiger partial charge on any atom is -0.493 e. The van der Waals surface area contributed by atoms with E-state index >= 15 is 0 Å². The maximum Gasteiger partial charge on any atom is 0.279 e. The van der Waals surface area contributed by atoms with Crippen molar-refractivity contribution in [1.29, 1.82) is 0 Å². The highest BCUT2D eigenvalue weighted by Crippen LogP contribution is 2.26. The van der Waals surface area contributed by atoms with Gasteiger partial charge in [0.05, 0.1) is 34.7 Å². The lowest BCUT2D eigenvalue weighted by Gasteiger charge is -2.16. The second-order valence-corrected chi connectivity index (χ2v) is 7.84. The van der Waals surface area contributed by atoms with Gasteiger partial charge in [-0.1, -0.05) is 24.3 Å². The highest BCUT2D eigenvalue weighted by atomic mass is 32.1. The second kappa shape index (κ2) is 9.03. The highest BCUT2D eigenvalue weighted by molar-refractivity contribution is 7.12. The molecule has 2 N–H and O–H groups in total. The molecule has 0 saturated heterocycles. The molecule has 4 rings (SSSR count). The number of nitrogens with one attached hydrogen (secondary N) is 2. The quantitative estimate of drug-likeness (QED) is 0.445. The van der Waals surface area contributed by atoms with E-state index < -0.39 is 11.8 Å². The Balaban J connectivity index is 1.53. The number of hydrogen-bond acceptors (Lipinski definition) is 6. The molecule has 1 aliphatic rings. The first kappa shape index (κ1) is 21.3. The van der Waals surface area contributed by atoms with Crippen LogP contribution in [0.25, 0.3) is 0 Å². The number of amides is 4. The Morgan fingerprint density at radius 2 is 1.62 bits per heavy atom. The van der Waals surface area contributed by atoms with Gasteiger partial charge >= 0.3 is 0 Å². The van der Waals surface area contributed by atoms with Gasteiger partial charge < -0.3 is 4.74 Å². The van der Waals surface area contributed by atoms with Crippen LogP contribution in [-0.4, -0.2) is 35.1 Å². The molecule has 2 heterocycles. The van der Waals surface area contributed by atoms with Gasteiger partial charge in [-0.15, -0.1) is 11.3 Å². The molecule has 4 amide bonds. The van der Waals surface area contributed by atoms with Gasteiger partial charge in [0.2, 0.25) is 0 Å². The predicted octanol–water partition coefficient (Wildman–Crippen LogP) is 3.02. The summed E-state index contributed by atoms with van der Waals surface area (Å²) in [4.78, 5) is 51.7. The van der Waals surface area contributed by atoms with E-state index in [1.165, 1.54) is 11.3 Å². The molecule has 0 unspecified atom stereocenters. The molecule has 0 bridgehead atoms. The first-order valence-electron chi connectivity index (χ1n) is 9.84. The zero-order chi connectivity index (χ0) is 22.7. The maximum absolute atomic E-state index is 12.8. The third-order valence-electron chi connectivity index (χ3n) is 4.84. The summed E-state index contributed by atoms with van der Waals surface area (Å²) >= 11 is 1.25. The Morgan fingerprint density at radius 3 is 2.25 bits per heavy atom. The van der Waals surface area contributed by atoms with E-state index in [4.69, 9.17) is 4.74 Å². The normalized spacial score (nSPS) is 12.5. The van der Waals surface area contributed by atoms with E-state index in [1.54, 1.807) is 66.9 Å². The van der Waals surface area contributed by atoms with Gasteiger partial charge in [0.15, 0.2) is 0 Å². The van der Waals surface area contributed by atoms with Crippen molar-refractivity contribution in [3.63, 3.8) is 0 Å². The Hall–Kier alpha value is -3.98. The fourth-order valence-electron chi connectivity index (χ4n) is 3.35. The van der Waals surface area contributed by atoms with Gasteiger partial charge in [0.1, 0.15) is 5.75 Å².